The molecule has 7 nitrogen and oxygen atoms in total. The van der Waals surface area contributed by atoms with Crippen LogP contribution in [0.2, 0.25) is 5.15 Å². The van der Waals surface area contributed by atoms with Crippen molar-refractivity contribution in [1.29, 1.82) is 0 Å². The van der Waals surface area contributed by atoms with Gasteiger partial charge in [0.1, 0.15) is 17.5 Å². The molecule has 0 amide bonds. The van der Waals surface area contributed by atoms with Crippen molar-refractivity contribution < 1.29 is 18.8 Å². The second kappa shape index (κ2) is 9.36. The third-order valence-corrected chi connectivity index (χ3v) is 5.82. The van der Waals surface area contributed by atoms with Crippen molar-refractivity contribution >= 4 is 40.2 Å². The van der Waals surface area contributed by atoms with Crippen molar-refractivity contribution in [2.45, 2.75) is 24.2 Å². The van der Waals surface area contributed by atoms with Crippen molar-refractivity contribution in [3.8, 4) is 5.75 Å². The van der Waals surface area contributed by atoms with E-state index in [0.717, 1.165) is 10.3 Å². The van der Waals surface area contributed by atoms with Crippen molar-refractivity contribution in [2.75, 3.05) is 7.11 Å². The van der Waals surface area contributed by atoms with Crippen LogP contribution in [-0.2, 0) is 17.1 Å². The van der Waals surface area contributed by atoms with Gasteiger partial charge >= 0.3 is 5.97 Å². The van der Waals surface area contributed by atoms with Gasteiger partial charge in [0.25, 0.3) is 0 Å². The summed E-state index contributed by atoms with van der Waals surface area (Å²) in [6, 6.07) is 14.6. The summed E-state index contributed by atoms with van der Waals surface area (Å²) in [5, 5.41) is 4.93. The molecule has 4 rings (SSSR count). The van der Waals surface area contributed by atoms with Crippen LogP contribution in [0.15, 0.2) is 57.9 Å². The van der Waals surface area contributed by atoms with Gasteiger partial charge in [-0.3, -0.25) is 0 Å². The molecule has 0 bridgehead atoms. The Labute approximate surface area is 187 Å². The number of methoxy groups -OCH3 is 1. The number of benzene rings is 2. The standard InChI is InChI=1S/C22H18ClN3O4S/c1-13-24-20(30-26-13)12-31-19-6-4-3-5-17(19)22(27)29-11-15-9-14-7-8-16(28-2)10-18(14)25-21(15)23/h3-10H,11-12H2,1-2H3. The number of carbonyl (C=O) groups is 1. The number of aryl methyl sites for hydroxylation is 1. The molecule has 2 heterocycles. The molecule has 9 heteroatoms. The van der Waals surface area contributed by atoms with Gasteiger partial charge in [-0.05, 0) is 37.3 Å². The van der Waals surface area contributed by atoms with Crippen molar-refractivity contribution in [1.82, 2.24) is 15.1 Å². The lowest BCUT2D eigenvalue weighted by molar-refractivity contribution is 0.0468. The molecule has 0 saturated carbocycles. The van der Waals surface area contributed by atoms with Crippen molar-refractivity contribution in [3.63, 3.8) is 0 Å². The van der Waals surface area contributed by atoms with Gasteiger partial charge in [0.2, 0.25) is 5.89 Å². The second-order valence-electron chi connectivity index (χ2n) is 6.59. The maximum atomic E-state index is 12.7. The van der Waals surface area contributed by atoms with Gasteiger partial charge in [-0.15, -0.1) is 11.8 Å². The average Bonchev–Trinajstić information content (AvgIpc) is 3.21. The van der Waals surface area contributed by atoms with Crippen LogP contribution in [0.5, 0.6) is 5.75 Å². The number of esters is 1. The molecule has 0 saturated heterocycles. The zero-order valence-electron chi connectivity index (χ0n) is 16.8. The highest BCUT2D eigenvalue weighted by Crippen LogP contribution is 2.28. The molecule has 2 aromatic carbocycles. The Balaban J connectivity index is 1.47. The lowest BCUT2D eigenvalue weighted by atomic mass is 10.1. The fraction of sp³-hybridized carbons (Fsp3) is 0.182. The zero-order chi connectivity index (χ0) is 21.8. The summed E-state index contributed by atoms with van der Waals surface area (Å²) in [6.07, 6.45) is 0. The summed E-state index contributed by atoms with van der Waals surface area (Å²) in [4.78, 5) is 22.1. The van der Waals surface area contributed by atoms with Crippen LogP contribution in [0.25, 0.3) is 10.9 Å². The Bertz CT molecular complexity index is 1240. The molecule has 31 heavy (non-hydrogen) atoms. The minimum atomic E-state index is -0.448. The van der Waals surface area contributed by atoms with Crippen molar-refractivity contribution in [3.05, 3.63) is 76.5 Å². The normalized spacial score (nSPS) is 10.9. The molecule has 4 aromatic rings. The predicted octanol–water partition coefficient (Wildman–Crippen LogP) is 5.24. The summed E-state index contributed by atoms with van der Waals surface area (Å²) in [5.41, 5.74) is 1.79. The molecule has 0 atom stereocenters. The van der Waals surface area contributed by atoms with E-state index in [9.17, 15) is 4.79 Å². The first-order valence-electron chi connectivity index (χ1n) is 9.35. The second-order valence-corrected chi connectivity index (χ2v) is 7.97. The Morgan fingerprint density at radius 1 is 1.16 bits per heavy atom. The number of rotatable bonds is 7. The lowest BCUT2D eigenvalue weighted by Gasteiger charge is -2.10. The SMILES string of the molecule is COc1ccc2cc(COC(=O)c3ccccc3SCc3nc(C)no3)c(Cl)nc2c1. The number of fused-ring (bicyclic) bond motifs is 1. The zero-order valence-corrected chi connectivity index (χ0v) is 18.4. The van der Waals surface area contributed by atoms with E-state index in [1.807, 2.05) is 30.3 Å². The van der Waals surface area contributed by atoms with Crippen LogP contribution in [0, 0.1) is 6.92 Å². The Morgan fingerprint density at radius 3 is 2.77 bits per heavy atom. The van der Waals surface area contributed by atoms with Crippen LogP contribution < -0.4 is 4.74 Å². The van der Waals surface area contributed by atoms with Crippen LogP contribution in [0.3, 0.4) is 0 Å². The lowest BCUT2D eigenvalue weighted by Crippen LogP contribution is -2.07. The smallest absolute Gasteiger partial charge is 0.339 e. The molecule has 0 aliphatic heterocycles. The van der Waals surface area contributed by atoms with Crippen LogP contribution >= 0.6 is 23.4 Å². The molecular formula is C22H18ClN3O4S. The third kappa shape index (κ3) is 4.98. The average molecular weight is 456 g/mol. The van der Waals surface area contributed by atoms with Crippen LogP contribution in [-0.4, -0.2) is 28.2 Å². The minimum absolute atomic E-state index is 0.00842. The van der Waals surface area contributed by atoms with Gasteiger partial charge in [-0.25, -0.2) is 9.78 Å². The number of ether oxygens (including phenoxy) is 2. The number of halogens is 1. The van der Waals surface area contributed by atoms with Gasteiger partial charge in [0.05, 0.1) is 23.9 Å². The summed E-state index contributed by atoms with van der Waals surface area (Å²) < 4.78 is 15.9. The highest BCUT2D eigenvalue weighted by Gasteiger charge is 2.16. The van der Waals surface area contributed by atoms with Crippen LogP contribution in [0.1, 0.15) is 27.6 Å². The highest BCUT2D eigenvalue weighted by molar-refractivity contribution is 7.98. The van der Waals surface area contributed by atoms with E-state index >= 15 is 0 Å². The number of carbonyl (C=O) groups excluding carboxylic acids is 1. The minimum Gasteiger partial charge on any atom is -0.497 e. The van der Waals surface area contributed by atoms with Gasteiger partial charge in [-0.2, -0.15) is 4.98 Å². The van der Waals surface area contributed by atoms with Gasteiger partial charge in [0.15, 0.2) is 5.82 Å². The summed E-state index contributed by atoms with van der Waals surface area (Å²) in [6.45, 7) is 1.76. The van der Waals surface area contributed by atoms with E-state index in [4.69, 9.17) is 25.6 Å². The van der Waals surface area contributed by atoms with E-state index in [2.05, 4.69) is 15.1 Å². The highest BCUT2D eigenvalue weighted by atomic mass is 35.5. The first-order valence-corrected chi connectivity index (χ1v) is 10.7. The van der Waals surface area contributed by atoms with E-state index in [0.29, 0.717) is 39.9 Å². The van der Waals surface area contributed by atoms with Crippen molar-refractivity contribution in [2.24, 2.45) is 0 Å². The molecule has 0 spiro atoms. The number of hydrogen-bond donors (Lipinski definition) is 0. The summed E-state index contributed by atoms with van der Waals surface area (Å²) in [7, 11) is 1.59. The molecule has 0 unspecified atom stereocenters. The van der Waals surface area contributed by atoms with Gasteiger partial charge in [-0.1, -0.05) is 28.9 Å². The van der Waals surface area contributed by atoms with E-state index in [1.165, 1.54) is 11.8 Å². The summed E-state index contributed by atoms with van der Waals surface area (Å²) >= 11 is 7.73. The Hall–Kier alpha value is -3.10. The number of thioether (sulfide) groups is 1. The fourth-order valence-electron chi connectivity index (χ4n) is 2.92. The number of pyridine rings is 1. The largest absolute Gasteiger partial charge is 0.497 e. The summed E-state index contributed by atoms with van der Waals surface area (Å²) in [5.74, 6) is 1.77. The Kier molecular flexibility index (Phi) is 6.39. The molecule has 0 fully saturated rings. The number of hydrogen-bond acceptors (Lipinski definition) is 8. The molecule has 0 radical (unpaired) electrons. The molecular weight excluding hydrogens is 438 g/mol. The first-order chi connectivity index (χ1) is 15.0. The quantitative estimate of drug-likeness (QED) is 0.212. The Morgan fingerprint density at radius 2 is 2.00 bits per heavy atom. The fourth-order valence-corrected chi connectivity index (χ4v) is 3.99. The predicted molar refractivity (Wildman–Crippen MR) is 117 cm³/mol. The maximum Gasteiger partial charge on any atom is 0.339 e. The molecule has 0 aliphatic rings. The van der Waals surface area contributed by atoms with Gasteiger partial charge < -0.3 is 14.0 Å². The molecule has 0 aliphatic carbocycles. The van der Waals surface area contributed by atoms with E-state index in [-0.39, 0.29) is 11.8 Å². The monoisotopic (exact) mass is 455 g/mol. The van der Waals surface area contributed by atoms with E-state index < -0.39 is 5.97 Å². The third-order valence-electron chi connectivity index (χ3n) is 4.44. The maximum absolute atomic E-state index is 12.7. The van der Waals surface area contributed by atoms with E-state index in [1.54, 1.807) is 32.2 Å². The topological polar surface area (TPSA) is 87.3 Å². The number of aromatic nitrogens is 3. The molecule has 0 N–H and O–H groups in total. The molecule has 158 valence electrons. The number of nitrogens with zero attached hydrogens (tertiary/aromatic N) is 3. The van der Waals surface area contributed by atoms with Crippen LogP contribution in [0.4, 0.5) is 0 Å². The molecule has 2 aromatic heterocycles. The van der Waals surface area contributed by atoms with Gasteiger partial charge in [0, 0.05) is 21.9 Å². The first kappa shape index (κ1) is 21.1.